The van der Waals surface area contributed by atoms with Crippen molar-refractivity contribution in [3.05, 3.63) is 29.8 Å². The molecule has 1 amide bonds. The van der Waals surface area contributed by atoms with Crippen LogP contribution in [0, 0.1) is 5.92 Å². The number of carbonyl (C=O) groups is 1. The minimum atomic E-state index is -4.49. The number of benzene rings is 1. The topological polar surface area (TPSA) is 57.7 Å². The second kappa shape index (κ2) is 7.43. The van der Waals surface area contributed by atoms with E-state index >= 15 is 0 Å². The molecule has 1 aliphatic carbocycles. The van der Waals surface area contributed by atoms with Crippen LogP contribution in [-0.4, -0.2) is 55.4 Å². The zero-order valence-corrected chi connectivity index (χ0v) is 15.9. The van der Waals surface area contributed by atoms with Gasteiger partial charge >= 0.3 is 6.18 Å². The van der Waals surface area contributed by atoms with Crippen LogP contribution in [0.3, 0.4) is 0 Å². The van der Waals surface area contributed by atoms with E-state index in [-0.39, 0.29) is 16.4 Å². The van der Waals surface area contributed by atoms with Crippen LogP contribution in [-0.2, 0) is 10.0 Å². The monoisotopic (exact) mass is 404 g/mol. The van der Waals surface area contributed by atoms with Gasteiger partial charge in [-0.2, -0.15) is 17.5 Å². The number of rotatable bonds is 6. The van der Waals surface area contributed by atoms with Gasteiger partial charge in [0.1, 0.15) is 6.54 Å². The Morgan fingerprint density at radius 1 is 1.19 bits per heavy atom. The Labute approximate surface area is 157 Å². The van der Waals surface area contributed by atoms with Gasteiger partial charge in [0.2, 0.25) is 10.0 Å². The fourth-order valence-electron chi connectivity index (χ4n) is 3.44. The third-order valence-corrected chi connectivity index (χ3v) is 7.12. The molecule has 0 bridgehead atoms. The van der Waals surface area contributed by atoms with E-state index in [1.165, 1.54) is 28.6 Å². The highest BCUT2D eigenvalue weighted by molar-refractivity contribution is 7.89. The number of amides is 1. The first-order valence-corrected chi connectivity index (χ1v) is 10.5. The highest BCUT2D eigenvalue weighted by atomic mass is 32.2. The molecule has 9 heteroatoms. The summed E-state index contributed by atoms with van der Waals surface area (Å²) in [6.07, 6.45) is -1.24. The van der Waals surface area contributed by atoms with Crippen molar-refractivity contribution in [2.75, 3.05) is 19.6 Å². The summed E-state index contributed by atoms with van der Waals surface area (Å²) in [6.45, 7) is 1.24. The van der Waals surface area contributed by atoms with E-state index in [9.17, 15) is 26.4 Å². The Morgan fingerprint density at radius 3 is 2.22 bits per heavy atom. The first kappa shape index (κ1) is 20.1. The average molecular weight is 404 g/mol. The summed E-state index contributed by atoms with van der Waals surface area (Å²) in [4.78, 5) is 13.6. The van der Waals surface area contributed by atoms with Crippen LogP contribution in [0.1, 0.15) is 43.0 Å². The van der Waals surface area contributed by atoms with Crippen LogP contribution in [0.5, 0.6) is 0 Å². The predicted octanol–water partition coefficient (Wildman–Crippen LogP) is 3.27. The maximum Gasteiger partial charge on any atom is 0.406 e. The molecule has 0 unspecified atom stereocenters. The summed E-state index contributed by atoms with van der Waals surface area (Å²) in [7, 11) is -3.62. The van der Waals surface area contributed by atoms with Crippen molar-refractivity contribution in [3.8, 4) is 0 Å². The number of sulfonamides is 1. The lowest BCUT2D eigenvalue weighted by Crippen LogP contribution is -2.45. The first-order valence-electron chi connectivity index (χ1n) is 9.07. The third kappa shape index (κ3) is 4.63. The SMILES string of the molecule is C[C@@H](C1CC1)N(CC(F)(F)F)C(=O)c1ccc(S(=O)(=O)N2CCCC2)cc1. The van der Waals surface area contributed by atoms with Gasteiger partial charge in [-0.15, -0.1) is 0 Å². The number of alkyl halides is 3. The van der Waals surface area contributed by atoms with Gasteiger partial charge in [-0.05, 0) is 62.8 Å². The van der Waals surface area contributed by atoms with Crippen LogP contribution in [0.15, 0.2) is 29.2 Å². The van der Waals surface area contributed by atoms with E-state index in [2.05, 4.69) is 0 Å². The van der Waals surface area contributed by atoms with Gasteiger partial charge in [0.15, 0.2) is 0 Å². The Bertz CT molecular complexity index is 783. The van der Waals surface area contributed by atoms with E-state index < -0.39 is 34.7 Å². The van der Waals surface area contributed by atoms with Crippen LogP contribution in [0.25, 0.3) is 0 Å². The molecule has 2 aliphatic rings. The first-order chi connectivity index (χ1) is 12.6. The van der Waals surface area contributed by atoms with Crippen molar-refractivity contribution in [3.63, 3.8) is 0 Å². The molecule has 5 nitrogen and oxygen atoms in total. The Balaban J connectivity index is 1.80. The molecule has 1 aliphatic heterocycles. The normalized spacial score (nSPS) is 19.9. The van der Waals surface area contributed by atoms with Crippen molar-refractivity contribution in [2.45, 2.75) is 49.7 Å². The number of carbonyl (C=O) groups excluding carboxylic acids is 1. The fourth-order valence-corrected chi connectivity index (χ4v) is 4.96. The second-order valence-corrected chi connectivity index (χ2v) is 9.20. The van der Waals surface area contributed by atoms with E-state index in [0.29, 0.717) is 13.1 Å². The van der Waals surface area contributed by atoms with Crippen LogP contribution in [0.2, 0.25) is 0 Å². The molecule has 0 radical (unpaired) electrons. The molecular weight excluding hydrogens is 381 g/mol. The van der Waals surface area contributed by atoms with Crippen molar-refractivity contribution < 1.29 is 26.4 Å². The molecule has 1 aromatic rings. The number of hydrogen-bond donors (Lipinski definition) is 0. The molecule has 0 N–H and O–H groups in total. The lowest BCUT2D eigenvalue weighted by molar-refractivity contribution is -0.144. The average Bonchev–Trinajstić information content (AvgIpc) is 3.31. The summed E-state index contributed by atoms with van der Waals surface area (Å²) in [5.74, 6) is -0.636. The number of nitrogens with zero attached hydrogens (tertiary/aromatic N) is 2. The van der Waals surface area contributed by atoms with Crippen LogP contribution in [0.4, 0.5) is 13.2 Å². The largest absolute Gasteiger partial charge is 0.406 e. The molecule has 3 rings (SSSR count). The van der Waals surface area contributed by atoms with E-state index in [1.807, 2.05) is 0 Å². The minimum Gasteiger partial charge on any atom is -0.327 e. The highest BCUT2D eigenvalue weighted by Crippen LogP contribution is 2.36. The molecule has 1 saturated heterocycles. The summed E-state index contributed by atoms with van der Waals surface area (Å²) >= 11 is 0. The molecule has 27 heavy (non-hydrogen) atoms. The van der Waals surface area contributed by atoms with E-state index in [0.717, 1.165) is 30.6 Å². The zero-order valence-electron chi connectivity index (χ0n) is 15.1. The molecule has 150 valence electrons. The van der Waals surface area contributed by atoms with E-state index in [1.54, 1.807) is 6.92 Å². The molecule has 0 aromatic heterocycles. The Hall–Kier alpha value is -1.61. The molecule has 0 spiro atoms. The molecular formula is C18H23F3N2O3S. The number of halogens is 3. The van der Waals surface area contributed by atoms with Crippen molar-refractivity contribution in [1.82, 2.24) is 9.21 Å². The number of hydrogen-bond acceptors (Lipinski definition) is 3. The van der Waals surface area contributed by atoms with Gasteiger partial charge in [-0.25, -0.2) is 8.42 Å². The minimum absolute atomic E-state index is 0.0542. The predicted molar refractivity (Wildman–Crippen MR) is 93.7 cm³/mol. The van der Waals surface area contributed by atoms with Gasteiger partial charge in [0, 0.05) is 24.7 Å². The lowest BCUT2D eigenvalue weighted by atomic mass is 10.1. The quantitative estimate of drug-likeness (QED) is 0.731. The second-order valence-electron chi connectivity index (χ2n) is 7.26. The third-order valence-electron chi connectivity index (χ3n) is 5.21. The standard InChI is InChI=1S/C18H23F3N2O3S/c1-13(14-4-5-14)23(12-18(19,20)21)17(24)15-6-8-16(9-7-15)27(25,26)22-10-2-3-11-22/h6-9,13-14H,2-5,10-12H2,1H3/t13-/m0/s1. The van der Waals surface area contributed by atoms with Crippen molar-refractivity contribution >= 4 is 15.9 Å². The van der Waals surface area contributed by atoms with Gasteiger partial charge in [-0.1, -0.05) is 0 Å². The fraction of sp³-hybridized carbons (Fsp3) is 0.611. The summed E-state index contributed by atoms with van der Waals surface area (Å²) in [5, 5.41) is 0. The molecule has 1 aromatic carbocycles. The van der Waals surface area contributed by atoms with Crippen molar-refractivity contribution in [1.29, 1.82) is 0 Å². The zero-order chi connectivity index (χ0) is 19.8. The molecule has 1 saturated carbocycles. The van der Waals surface area contributed by atoms with Crippen LogP contribution < -0.4 is 0 Å². The van der Waals surface area contributed by atoms with Crippen LogP contribution >= 0.6 is 0 Å². The van der Waals surface area contributed by atoms with Crippen molar-refractivity contribution in [2.24, 2.45) is 5.92 Å². The summed E-state index contributed by atoms with van der Waals surface area (Å²) in [5.41, 5.74) is 0.0621. The van der Waals surface area contributed by atoms with E-state index in [4.69, 9.17) is 0 Å². The molecule has 2 fully saturated rings. The Kier molecular flexibility index (Phi) is 5.54. The summed E-state index contributed by atoms with van der Waals surface area (Å²) < 4.78 is 65.3. The molecule has 1 heterocycles. The molecule has 1 atom stereocenters. The summed E-state index contributed by atoms with van der Waals surface area (Å²) in [6, 6.07) is 4.69. The van der Waals surface area contributed by atoms with Gasteiger partial charge in [-0.3, -0.25) is 4.79 Å². The maximum absolute atomic E-state index is 12.9. The maximum atomic E-state index is 12.9. The smallest absolute Gasteiger partial charge is 0.327 e. The van der Waals surface area contributed by atoms with Gasteiger partial charge in [0.05, 0.1) is 4.90 Å². The van der Waals surface area contributed by atoms with Gasteiger partial charge in [0.25, 0.3) is 5.91 Å². The van der Waals surface area contributed by atoms with Gasteiger partial charge < -0.3 is 4.90 Å². The Morgan fingerprint density at radius 2 is 1.74 bits per heavy atom. The lowest BCUT2D eigenvalue weighted by Gasteiger charge is -2.30. The highest BCUT2D eigenvalue weighted by Gasteiger charge is 2.40.